The summed E-state index contributed by atoms with van der Waals surface area (Å²) in [6, 6.07) is 7.30. The van der Waals surface area contributed by atoms with Gasteiger partial charge in [0.1, 0.15) is 5.65 Å². The average molecular weight is 452 g/mol. The molecule has 0 spiro atoms. The minimum atomic E-state index is -4.11. The molecule has 0 bridgehead atoms. The van der Waals surface area contributed by atoms with Gasteiger partial charge in [-0.2, -0.15) is 17.9 Å². The molecule has 0 unspecified atom stereocenters. The fourth-order valence-electron chi connectivity index (χ4n) is 2.93. The summed E-state index contributed by atoms with van der Waals surface area (Å²) in [6.07, 6.45) is 7.90. The molecule has 10 nitrogen and oxygen atoms in total. The van der Waals surface area contributed by atoms with E-state index in [4.69, 9.17) is 0 Å². The first-order chi connectivity index (χ1) is 15.2. The molecule has 0 amide bonds. The van der Waals surface area contributed by atoms with E-state index in [1.54, 1.807) is 42.1 Å². The van der Waals surface area contributed by atoms with Gasteiger partial charge in [-0.25, -0.2) is 4.98 Å². The third-order valence-corrected chi connectivity index (χ3v) is 6.46. The molecule has 2 heterocycles. The number of allylic oxidation sites excluding steroid dienone is 2. The van der Waals surface area contributed by atoms with Crippen LogP contribution in [0.3, 0.4) is 0 Å². The van der Waals surface area contributed by atoms with Crippen molar-refractivity contribution in [3.05, 3.63) is 88.5 Å². The maximum atomic E-state index is 12.9. The molecular weight excluding hydrogens is 432 g/mol. The maximum absolute atomic E-state index is 12.9. The highest BCUT2D eigenvalue weighted by Gasteiger charge is 2.24. The number of aryl methyl sites for hydroxylation is 1. The number of sulfonamides is 1. The topological polar surface area (TPSA) is 123 Å². The first-order valence-electron chi connectivity index (χ1n) is 9.23. The standard InChI is InChI=1S/C21H20N6O4S/c1-5-16(11-22-3)17-7-9-21-23-12-19(26(21)14-17)13-24-25(4)32(30,31)20-10-18(27(28)29)8-6-15(20)2/h5-14H,1,3H2,2,4H3/b16-11+,24-13+. The summed E-state index contributed by atoms with van der Waals surface area (Å²) in [6.45, 7) is 8.77. The molecule has 164 valence electrons. The van der Waals surface area contributed by atoms with E-state index in [0.717, 1.165) is 21.6 Å². The SMILES string of the molecule is C=C/C(=C\N=C)c1ccc2ncc(/C=N/N(C)S(=O)(=O)c3cc([N+](=O)[O-])ccc3C)n2c1. The first kappa shape index (κ1) is 22.6. The van der Waals surface area contributed by atoms with Crippen LogP contribution in [0.2, 0.25) is 0 Å². The van der Waals surface area contributed by atoms with E-state index in [1.165, 1.54) is 25.4 Å². The Morgan fingerprint density at radius 3 is 2.72 bits per heavy atom. The molecule has 0 fully saturated rings. The number of nitro groups is 1. The average Bonchev–Trinajstić information content (AvgIpc) is 3.17. The molecule has 11 heteroatoms. The molecule has 3 rings (SSSR count). The van der Waals surface area contributed by atoms with E-state index in [1.807, 2.05) is 6.07 Å². The van der Waals surface area contributed by atoms with Gasteiger partial charge in [-0.1, -0.05) is 18.7 Å². The zero-order valence-electron chi connectivity index (χ0n) is 17.4. The van der Waals surface area contributed by atoms with Crippen LogP contribution in [-0.2, 0) is 10.0 Å². The Bertz CT molecular complexity index is 1390. The molecule has 0 aliphatic heterocycles. The van der Waals surface area contributed by atoms with Crippen LogP contribution in [-0.4, -0.2) is 47.1 Å². The predicted molar refractivity (Wildman–Crippen MR) is 123 cm³/mol. The van der Waals surface area contributed by atoms with Crippen LogP contribution >= 0.6 is 0 Å². The molecule has 0 saturated heterocycles. The van der Waals surface area contributed by atoms with E-state index < -0.39 is 14.9 Å². The molecule has 3 aromatic rings. The van der Waals surface area contributed by atoms with Crippen molar-refractivity contribution in [2.45, 2.75) is 11.8 Å². The van der Waals surface area contributed by atoms with Gasteiger partial charge in [-0.05, 0) is 36.9 Å². The summed E-state index contributed by atoms with van der Waals surface area (Å²) in [5, 5.41) is 15.1. The lowest BCUT2D eigenvalue weighted by Gasteiger charge is -2.15. The molecular formula is C21H20N6O4S. The number of hydrazone groups is 1. The minimum Gasteiger partial charge on any atom is -0.298 e. The number of fused-ring (bicyclic) bond motifs is 1. The first-order valence-corrected chi connectivity index (χ1v) is 10.7. The lowest BCUT2D eigenvalue weighted by molar-refractivity contribution is -0.385. The largest absolute Gasteiger partial charge is 0.298 e. The highest BCUT2D eigenvalue weighted by molar-refractivity contribution is 7.89. The number of non-ortho nitro benzene ring substituents is 1. The number of aromatic nitrogens is 2. The highest BCUT2D eigenvalue weighted by atomic mass is 32.2. The van der Waals surface area contributed by atoms with Gasteiger partial charge in [0.25, 0.3) is 15.7 Å². The van der Waals surface area contributed by atoms with Gasteiger partial charge in [0.15, 0.2) is 0 Å². The number of nitro benzene ring substituents is 1. The number of imidazole rings is 1. The van der Waals surface area contributed by atoms with Gasteiger partial charge in [0.05, 0.1) is 27.9 Å². The van der Waals surface area contributed by atoms with Crippen LogP contribution in [0.4, 0.5) is 5.69 Å². The zero-order chi connectivity index (χ0) is 23.5. The number of nitrogens with zero attached hydrogens (tertiary/aromatic N) is 6. The quantitative estimate of drug-likeness (QED) is 0.224. The van der Waals surface area contributed by atoms with E-state index >= 15 is 0 Å². The van der Waals surface area contributed by atoms with Gasteiger partial charge < -0.3 is 0 Å². The van der Waals surface area contributed by atoms with E-state index in [0.29, 0.717) is 16.9 Å². The van der Waals surface area contributed by atoms with Crippen molar-refractivity contribution in [2.24, 2.45) is 10.1 Å². The van der Waals surface area contributed by atoms with E-state index in [2.05, 4.69) is 28.4 Å². The van der Waals surface area contributed by atoms with E-state index in [-0.39, 0.29) is 10.6 Å². The fourth-order valence-corrected chi connectivity index (χ4v) is 4.13. The molecule has 1 aromatic carbocycles. The van der Waals surface area contributed by atoms with Crippen molar-refractivity contribution in [3.63, 3.8) is 0 Å². The predicted octanol–water partition coefficient (Wildman–Crippen LogP) is 3.43. The summed E-state index contributed by atoms with van der Waals surface area (Å²) >= 11 is 0. The Labute approximate surface area is 184 Å². The van der Waals surface area contributed by atoms with Crippen molar-refractivity contribution >= 4 is 39.9 Å². The van der Waals surface area contributed by atoms with Crippen molar-refractivity contribution < 1.29 is 13.3 Å². The summed E-state index contributed by atoms with van der Waals surface area (Å²) in [5.41, 5.74) is 2.76. The van der Waals surface area contributed by atoms with Crippen LogP contribution in [0.5, 0.6) is 0 Å². The monoisotopic (exact) mass is 452 g/mol. The Balaban J connectivity index is 1.97. The Hall–Kier alpha value is -4.12. The third-order valence-electron chi connectivity index (χ3n) is 4.68. The summed E-state index contributed by atoms with van der Waals surface area (Å²) < 4.78 is 28.4. The second kappa shape index (κ2) is 8.94. The van der Waals surface area contributed by atoms with Gasteiger partial charge in [-0.15, -0.1) is 0 Å². The lowest BCUT2D eigenvalue weighted by Crippen LogP contribution is -2.23. The van der Waals surface area contributed by atoms with Crippen molar-refractivity contribution in [1.82, 2.24) is 13.8 Å². The van der Waals surface area contributed by atoms with Crippen molar-refractivity contribution in [3.8, 4) is 0 Å². The van der Waals surface area contributed by atoms with Crippen LogP contribution in [0.25, 0.3) is 11.2 Å². The fraction of sp³-hybridized carbons (Fsp3) is 0.0952. The molecule has 2 aromatic heterocycles. The zero-order valence-corrected chi connectivity index (χ0v) is 18.2. The van der Waals surface area contributed by atoms with Crippen LogP contribution in [0.1, 0.15) is 16.8 Å². The van der Waals surface area contributed by atoms with Gasteiger partial charge in [-0.3, -0.25) is 19.5 Å². The van der Waals surface area contributed by atoms with Crippen LogP contribution < -0.4 is 0 Å². The van der Waals surface area contributed by atoms with Crippen LogP contribution in [0, 0.1) is 17.0 Å². The lowest BCUT2D eigenvalue weighted by atomic mass is 10.1. The number of benzene rings is 1. The number of aliphatic imine (C=N–C) groups is 1. The number of hydrogen-bond acceptors (Lipinski definition) is 7. The van der Waals surface area contributed by atoms with E-state index in [9.17, 15) is 18.5 Å². The van der Waals surface area contributed by atoms with Gasteiger partial charge in [0, 0.05) is 37.2 Å². The second-order valence-corrected chi connectivity index (χ2v) is 8.61. The second-order valence-electron chi connectivity index (χ2n) is 6.69. The number of pyridine rings is 1. The van der Waals surface area contributed by atoms with Gasteiger partial charge >= 0.3 is 0 Å². The normalized spacial score (nSPS) is 12.2. The molecule has 0 atom stereocenters. The molecule has 0 saturated carbocycles. The minimum absolute atomic E-state index is 0.190. The van der Waals surface area contributed by atoms with Gasteiger partial charge in [0.2, 0.25) is 0 Å². The molecule has 0 aliphatic carbocycles. The smallest absolute Gasteiger partial charge is 0.279 e. The summed E-state index contributed by atoms with van der Waals surface area (Å²) in [5.74, 6) is 0. The van der Waals surface area contributed by atoms with Crippen molar-refractivity contribution in [1.29, 1.82) is 0 Å². The maximum Gasteiger partial charge on any atom is 0.279 e. The highest BCUT2D eigenvalue weighted by Crippen LogP contribution is 2.24. The Morgan fingerprint density at radius 1 is 1.31 bits per heavy atom. The number of rotatable bonds is 8. The molecule has 0 N–H and O–H groups in total. The van der Waals surface area contributed by atoms with Crippen LogP contribution in [0.15, 0.2) is 76.6 Å². The summed E-state index contributed by atoms with van der Waals surface area (Å²) in [7, 11) is -2.85. The molecule has 0 aliphatic rings. The Morgan fingerprint density at radius 2 is 2.06 bits per heavy atom. The third kappa shape index (κ3) is 4.32. The molecule has 32 heavy (non-hydrogen) atoms. The molecule has 0 radical (unpaired) electrons. The van der Waals surface area contributed by atoms with Crippen molar-refractivity contribution in [2.75, 3.05) is 7.05 Å². The summed E-state index contributed by atoms with van der Waals surface area (Å²) in [4.78, 5) is 18.3. The number of hydrogen-bond donors (Lipinski definition) is 0. The Kier molecular flexibility index (Phi) is 6.30.